The van der Waals surface area contributed by atoms with E-state index in [1.807, 2.05) is 6.92 Å². The minimum atomic E-state index is -4.25. The molecular formula is C5H12N2O3S. The van der Waals surface area contributed by atoms with Gasteiger partial charge in [0.15, 0.2) is 0 Å². The SMILES string of the molecule is CCCCCN=NS(=O)(=O)O. The molecule has 0 aromatic heterocycles. The summed E-state index contributed by atoms with van der Waals surface area (Å²) in [6.45, 7) is 2.38. The van der Waals surface area contributed by atoms with Crippen LogP contribution in [0.1, 0.15) is 26.2 Å². The minimum absolute atomic E-state index is 0.355. The fourth-order valence-electron chi connectivity index (χ4n) is 0.546. The number of rotatable bonds is 5. The molecule has 11 heavy (non-hydrogen) atoms. The maximum absolute atomic E-state index is 9.96. The average molecular weight is 180 g/mol. The molecule has 0 amide bonds. The highest BCUT2D eigenvalue weighted by atomic mass is 32.2. The Morgan fingerprint density at radius 3 is 2.45 bits per heavy atom. The molecule has 0 saturated heterocycles. The van der Waals surface area contributed by atoms with E-state index in [2.05, 4.69) is 9.63 Å². The molecule has 0 bridgehead atoms. The Labute approximate surface area is 66.4 Å². The summed E-state index contributed by atoms with van der Waals surface area (Å²) in [5, 5.41) is 3.27. The molecule has 0 aromatic rings. The van der Waals surface area contributed by atoms with E-state index in [0.29, 0.717) is 6.54 Å². The maximum atomic E-state index is 9.96. The summed E-state index contributed by atoms with van der Waals surface area (Å²) in [4.78, 5) is 0. The van der Waals surface area contributed by atoms with Gasteiger partial charge in [-0.25, -0.2) is 0 Å². The zero-order valence-corrected chi connectivity index (χ0v) is 7.21. The first-order valence-corrected chi connectivity index (χ1v) is 4.82. The van der Waals surface area contributed by atoms with Crippen LogP contribution >= 0.6 is 0 Å². The highest BCUT2D eigenvalue weighted by Gasteiger charge is 1.96. The van der Waals surface area contributed by atoms with Crippen LogP contribution in [0.3, 0.4) is 0 Å². The zero-order valence-electron chi connectivity index (χ0n) is 6.39. The second kappa shape index (κ2) is 5.20. The molecule has 0 aliphatic rings. The Balaban J connectivity index is 3.46. The second-order valence-electron chi connectivity index (χ2n) is 2.10. The lowest BCUT2D eigenvalue weighted by Gasteiger charge is -1.89. The van der Waals surface area contributed by atoms with E-state index in [4.69, 9.17) is 4.55 Å². The van der Waals surface area contributed by atoms with Crippen LogP contribution in [0.25, 0.3) is 0 Å². The molecular weight excluding hydrogens is 168 g/mol. The Morgan fingerprint density at radius 1 is 1.36 bits per heavy atom. The van der Waals surface area contributed by atoms with E-state index in [1.54, 1.807) is 0 Å². The Bertz CT molecular complexity index is 210. The predicted molar refractivity (Wildman–Crippen MR) is 40.8 cm³/mol. The van der Waals surface area contributed by atoms with Crippen molar-refractivity contribution in [1.29, 1.82) is 0 Å². The van der Waals surface area contributed by atoms with Gasteiger partial charge in [-0.2, -0.15) is 13.5 Å². The van der Waals surface area contributed by atoms with Gasteiger partial charge in [-0.1, -0.05) is 19.8 Å². The molecule has 0 rings (SSSR count). The topological polar surface area (TPSA) is 79.1 Å². The lowest BCUT2D eigenvalue weighted by Crippen LogP contribution is -1.89. The summed E-state index contributed by atoms with van der Waals surface area (Å²) in [5.74, 6) is 0. The summed E-state index contributed by atoms with van der Waals surface area (Å²) in [6.07, 6.45) is 2.83. The fourth-order valence-corrected chi connectivity index (χ4v) is 0.774. The van der Waals surface area contributed by atoms with Gasteiger partial charge in [0.2, 0.25) is 0 Å². The lowest BCUT2D eigenvalue weighted by molar-refractivity contribution is 0.481. The van der Waals surface area contributed by atoms with Gasteiger partial charge in [-0.15, -0.1) is 0 Å². The van der Waals surface area contributed by atoms with E-state index in [-0.39, 0.29) is 0 Å². The molecule has 0 atom stereocenters. The second-order valence-corrected chi connectivity index (χ2v) is 3.16. The third-order valence-corrected chi connectivity index (χ3v) is 1.34. The fraction of sp³-hybridized carbons (Fsp3) is 1.00. The molecule has 0 fully saturated rings. The van der Waals surface area contributed by atoms with Gasteiger partial charge in [-0.3, -0.25) is 4.55 Å². The van der Waals surface area contributed by atoms with Crippen LogP contribution in [0.5, 0.6) is 0 Å². The first-order chi connectivity index (χ1) is 5.06. The largest absolute Gasteiger partial charge is 0.395 e. The molecule has 0 saturated carbocycles. The quantitative estimate of drug-likeness (QED) is 0.395. The van der Waals surface area contributed by atoms with Crippen LogP contribution in [0.2, 0.25) is 0 Å². The average Bonchev–Trinajstić information content (AvgIpc) is 1.85. The third kappa shape index (κ3) is 9.51. The van der Waals surface area contributed by atoms with Crippen LogP contribution in [0.4, 0.5) is 0 Å². The van der Waals surface area contributed by atoms with Gasteiger partial charge in [0, 0.05) is 0 Å². The van der Waals surface area contributed by atoms with E-state index in [1.165, 1.54) is 0 Å². The van der Waals surface area contributed by atoms with Crippen molar-refractivity contribution in [2.45, 2.75) is 26.2 Å². The standard InChI is InChI=1S/C5H12N2O3S/c1-2-3-4-5-6-7-11(8,9)10/h2-5H2,1H3,(H,8,9,10). The first-order valence-electron chi connectivity index (χ1n) is 3.42. The van der Waals surface area contributed by atoms with Gasteiger partial charge >= 0.3 is 10.3 Å². The summed E-state index contributed by atoms with van der Waals surface area (Å²) in [7, 11) is -4.25. The van der Waals surface area contributed by atoms with Crippen molar-refractivity contribution in [3.63, 3.8) is 0 Å². The molecule has 0 radical (unpaired) electrons. The molecule has 1 N–H and O–H groups in total. The summed E-state index contributed by atoms with van der Waals surface area (Å²) in [5.41, 5.74) is 0. The Kier molecular flexibility index (Phi) is 4.97. The molecule has 6 heteroatoms. The van der Waals surface area contributed by atoms with Crippen molar-refractivity contribution in [2.24, 2.45) is 9.63 Å². The van der Waals surface area contributed by atoms with Gasteiger partial charge in [0.05, 0.1) is 6.54 Å². The maximum Gasteiger partial charge on any atom is 0.395 e. The minimum Gasteiger partial charge on any atom is -0.267 e. The molecule has 0 aromatic carbocycles. The Hall–Kier alpha value is -0.490. The number of hydrogen-bond acceptors (Lipinski definition) is 3. The van der Waals surface area contributed by atoms with Crippen molar-refractivity contribution >= 4 is 10.3 Å². The monoisotopic (exact) mass is 180 g/mol. The molecule has 0 aliphatic carbocycles. The third-order valence-electron chi connectivity index (χ3n) is 1.02. The number of unbranched alkanes of at least 4 members (excludes halogenated alkanes) is 2. The van der Waals surface area contributed by atoms with Crippen LogP contribution in [-0.4, -0.2) is 19.5 Å². The summed E-state index contributed by atoms with van der Waals surface area (Å²) >= 11 is 0. The van der Waals surface area contributed by atoms with E-state index >= 15 is 0 Å². The molecule has 66 valence electrons. The summed E-state index contributed by atoms with van der Waals surface area (Å²) in [6, 6.07) is 0. The van der Waals surface area contributed by atoms with Crippen LogP contribution in [-0.2, 0) is 10.3 Å². The molecule has 0 unspecified atom stereocenters. The Morgan fingerprint density at radius 2 is 2.00 bits per heavy atom. The summed E-state index contributed by atoms with van der Waals surface area (Å²) < 4.78 is 30.7. The van der Waals surface area contributed by atoms with Gasteiger partial charge in [0.25, 0.3) is 0 Å². The number of nitrogens with zero attached hydrogens (tertiary/aromatic N) is 2. The van der Waals surface area contributed by atoms with E-state index < -0.39 is 10.3 Å². The van der Waals surface area contributed by atoms with Crippen LogP contribution in [0, 0.1) is 0 Å². The van der Waals surface area contributed by atoms with Crippen molar-refractivity contribution < 1.29 is 13.0 Å². The smallest absolute Gasteiger partial charge is 0.267 e. The van der Waals surface area contributed by atoms with Crippen molar-refractivity contribution in [2.75, 3.05) is 6.54 Å². The highest BCUT2D eigenvalue weighted by Crippen LogP contribution is 1.95. The zero-order chi connectivity index (χ0) is 8.74. The number of hydrogen-bond donors (Lipinski definition) is 1. The van der Waals surface area contributed by atoms with Gasteiger partial charge < -0.3 is 0 Å². The predicted octanol–water partition coefficient (Wildman–Crippen LogP) is 1.43. The van der Waals surface area contributed by atoms with Crippen LogP contribution in [0.15, 0.2) is 9.63 Å². The lowest BCUT2D eigenvalue weighted by atomic mass is 10.3. The van der Waals surface area contributed by atoms with Crippen LogP contribution < -0.4 is 0 Å². The molecule has 0 aliphatic heterocycles. The first kappa shape index (κ1) is 10.5. The van der Waals surface area contributed by atoms with Crippen molar-refractivity contribution in [3.8, 4) is 0 Å². The molecule has 5 nitrogen and oxygen atoms in total. The van der Waals surface area contributed by atoms with Gasteiger partial charge in [-0.05, 0) is 10.9 Å². The van der Waals surface area contributed by atoms with Crippen molar-refractivity contribution in [3.05, 3.63) is 0 Å². The molecule has 0 spiro atoms. The van der Waals surface area contributed by atoms with Gasteiger partial charge in [0.1, 0.15) is 0 Å². The highest BCUT2D eigenvalue weighted by molar-refractivity contribution is 7.84. The normalized spacial score (nSPS) is 12.5. The molecule has 0 heterocycles. The van der Waals surface area contributed by atoms with E-state index in [0.717, 1.165) is 19.3 Å². The van der Waals surface area contributed by atoms with Crippen molar-refractivity contribution in [1.82, 2.24) is 0 Å². The van der Waals surface area contributed by atoms with E-state index in [9.17, 15) is 8.42 Å².